The van der Waals surface area contributed by atoms with Crippen LogP contribution in [0.2, 0.25) is 0 Å². The van der Waals surface area contributed by atoms with Gasteiger partial charge < -0.3 is 10.5 Å². The minimum Gasteiger partial charge on any atom is -0.495 e. The van der Waals surface area contributed by atoms with Crippen LogP contribution in [0.25, 0.3) is 0 Å². The van der Waals surface area contributed by atoms with Crippen LogP contribution >= 0.6 is 11.8 Å². The highest BCUT2D eigenvalue weighted by molar-refractivity contribution is 7.99. The van der Waals surface area contributed by atoms with Crippen LogP contribution in [0.5, 0.6) is 5.75 Å². The van der Waals surface area contributed by atoms with Crippen molar-refractivity contribution in [1.29, 1.82) is 0 Å². The number of thioether (sulfide) groups is 1. The molecule has 2 atom stereocenters. The highest BCUT2D eigenvalue weighted by Crippen LogP contribution is 2.31. The summed E-state index contributed by atoms with van der Waals surface area (Å²) < 4.78 is 33.2. The molecule has 1 aliphatic rings. The van der Waals surface area contributed by atoms with Crippen molar-refractivity contribution in [2.75, 3.05) is 13.4 Å². The van der Waals surface area contributed by atoms with Gasteiger partial charge in [0.15, 0.2) is 0 Å². The van der Waals surface area contributed by atoms with Crippen LogP contribution in [0.3, 0.4) is 0 Å². The molecular weight excluding hydrogens is 308 g/mol. The smallest absolute Gasteiger partial charge is 0.244 e. The van der Waals surface area contributed by atoms with E-state index in [0.29, 0.717) is 17.5 Å². The molecule has 5 nitrogen and oxygen atoms in total. The van der Waals surface area contributed by atoms with Crippen molar-refractivity contribution in [1.82, 2.24) is 4.72 Å². The zero-order chi connectivity index (χ0) is 15.5. The molecule has 1 fully saturated rings. The van der Waals surface area contributed by atoms with E-state index in [1.165, 1.54) is 7.11 Å². The fourth-order valence-corrected chi connectivity index (χ4v) is 5.15. The highest BCUT2D eigenvalue weighted by atomic mass is 32.2. The van der Waals surface area contributed by atoms with E-state index in [1.807, 2.05) is 6.26 Å². The maximum atomic E-state index is 12.6. The van der Waals surface area contributed by atoms with E-state index < -0.39 is 10.0 Å². The summed E-state index contributed by atoms with van der Waals surface area (Å²) in [4.78, 5) is 0.175. The van der Waals surface area contributed by atoms with Gasteiger partial charge in [-0.05, 0) is 36.8 Å². The first-order chi connectivity index (χ1) is 10.0. The third-order valence-corrected chi connectivity index (χ3v) is 6.51. The monoisotopic (exact) mass is 330 g/mol. The number of benzene rings is 1. The zero-order valence-corrected chi connectivity index (χ0v) is 14.0. The van der Waals surface area contributed by atoms with E-state index in [4.69, 9.17) is 10.5 Å². The first kappa shape index (κ1) is 16.6. The summed E-state index contributed by atoms with van der Waals surface area (Å²) in [6, 6.07) is 4.95. The number of hydrogen-bond donors (Lipinski definition) is 2. The van der Waals surface area contributed by atoms with Crippen molar-refractivity contribution < 1.29 is 13.2 Å². The minimum absolute atomic E-state index is 0.0103. The first-order valence-corrected chi connectivity index (χ1v) is 9.71. The summed E-state index contributed by atoms with van der Waals surface area (Å²) in [6.07, 6.45) is 5.02. The Bertz CT molecular complexity index is 590. The van der Waals surface area contributed by atoms with Crippen LogP contribution in [0.1, 0.15) is 24.8 Å². The van der Waals surface area contributed by atoms with E-state index in [-0.39, 0.29) is 10.9 Å². The summed E-state index contributed by atoms with van der Waals surface area (Å²) in [7, 11) is -2.12. The zero-order valence-electron chi connectivity index (χ0n) is 12.3. The Morgan fingerprint density at radius 3 is 2.81 bits per heavy atom. The van der Waals surface area contributed by atoms with Crippen LogP contribution in [0, 0.1) is 0 Å². The van der Waals surface area contributed by atoms with E-state index in [9.17, 15) is 8.42 Å². The number of nitrogens with one attached hydrogen (secondary N) is 1. The molecule has 1 aromatic rings. The molecular formula is C14H22N2O3S2. The van der Waals surface area contributed by atoms with Gasteiger partial charge in [-0.15, -0.1) is 0 Å². The molecule has 7 heteroatoms. The highest BCUT2D eigenvalue weighted by Gasteiger charge is 2.31. The Morgan fingerprint density at radius 2 is 2.19 bits per heavy atom. The first-order valence-electron chi connectivity index (χ1n) is 6.94. The molecule has 0 saturated heterocycles. The van der Waals surface area contributed by atoms with Gasteiger partial charge >= 0.3 is 0 Å². The van der Waals surface area contributed by atoms with Gasteiger partial charge in [0.1, 0.15) is 10.6 Å². The molecule has 2 unspecified atom stereocenters. The summed E-state index contributed by atoms with van der Waals surface area (Å²) in [5, 5.41) is 0.342. The summed E-state index contributed by atoms with van der Waals surface area (Å²) in [5.74, 6) is 0.337. The van der Waals surface area contributed by atoms with Gasteiger partial charge in [-0.3, -0.25) is 0 Å². The van der Waals surface area contributed by atoms with E-state index in [2.05, 4.69) is 4.72 Å². The van der Waals surface area contributed by atoms with Crippen molar-refractivity contribution in [2.24, 2.45) is 5.73 Å². The lowest BCUT2D eigenvalue weighted by molar-refractivity contribution is 0.401. The average Bonchev–Trinajstić information content (AvgIpc) is 2.92. The molecule has 118 valence electrons. The Kier molecular flexibility index (Phi) is 5.54. The predicted octanol–water partition coefficient (Wildman–Crippen LogP) is 1.72. The average molecular weight is 330 g/mol. The van der Waals surface area contributed by atoms with Crippen LogP contribution in [-0.2, 0) is 16.6 Å². The van der Waals surface area contributed by atoms with Gasteiger partial charge in [-0.25, -0.2) is 13.1 Å². The van der Waals surface area contributed by atoms with E-state index >= 15 is 0 Å². The minimum atomic E-state index is -3.58. The number of sulfonamides is 1. The summed E-state index contributed by atoms with van der Waals surface area (Å²) in [6.45, 7) is 0.349. The maximum absolute atomic E-state index is 12.6. The summed E-state index contributed by atoms with van der Waals surface area (Å²) >= 11 is 1.72. The fourth-order valence-electron chi connectivity index (χ4n) is 2.67. The van der Waals surface area contributed by atoms with Crippen molar-refractivity contribution in [3.8, 4) is 5.75 Å². The van der Waals surface area contributed by atoms with Crippen LogP contribution in [0.15, 0.2) is 23.1 Å². The quantitative estimate of drug-likeness (QED) is 0.830. The van der Waals surface area contributed by atoms with E-state index in [1.54, 1.807) is 30.0 Å². The van der Waals surface area contributed by atoms with Gasteiger partial charge in [0, 0.05) is 17.8 Å². The molecule has 0 spiro atoms. The summed E-state index contributed by atoms with van der Waals surface area (Å²) in [5.41, 5.74) is 6.42. The topological polar surface area (TPSA) is 81.4 Å². The second kappa shape index (κ2) is 7.00. The Labute approximate surface area is 130 Å². The van der Waals surface area contributed by atoms with Crippen molar-refractivity contribution in [3.63, 3.8) is 0 Å². The molecule has 2 rings (SSSR count). The Hall–Kier alpha value is -0.760. The number of hydrogen-bond acceptors (Lipinski definition) is 5. The number of ether oxygens (including phenoxy) is 1. The molecule has 0 radical (unpaired) electrons. The molecule has 0 aliphatic heterocycles. The molecule has 21 heavy (non-hydrogen) atoms. The van der Waals surface area contributed by atoms with Crippen molar-refractivity contribution in [2.45, 2.75) is 42.0 Å². The molecule has 0 aromatic heterocycles. The van der Waals surface area contributed by atoms with Crippen LogP contribution in [0.4, 0.5) is 0 Å². The van der Waals surface area contributed by atoms with Gasteiger partial charge in [0.05, 0.1) is 7.11 Å². The molecule has 0 bridgehead atoms. The molecule has 0 amide bonds. The Morgan fingerprint density at radius 1 is 1.43 bits per heavy atom. The molecule has 1 saturated carbocycles. The van der Waals surface area contributed by atoms with Crippen LogP contribution < -0.4 is 15.2 Å². The van der Waals surface area contributed by atoms with Crippen molar-refractivity contribution in [3.05, 3.63) is 23.8 Å². The third-order valence-electron chi connectivity index (χ3n) is 3.82. The van der Waals surface area contributed by atoms with Gasteiger partial charge in [0.2, 0.25) is 10.0 Å². The standard InChI is InChI=1S/C14H22N2O3S2/c1-19-12-8-10(9-15)6-7-14(12)21(17,18)16-11-4-3-5-13(11)20-2/h6-8,11,13,16H,3-5,9,15H2,1-2H3. The number of rotatable bonds is 6. The maximum Gasteiger partial charge on any atom is 0.244 e. The van der Waals surface area contributed by atoms with E-state index in [0.717, 1.165) is 24.8 Å². The number of nitrogens with two attached hydrogens (primary N) is 1. The fraction of sp³-hybridized carbons (Fsp3) is 0.571. The lowest BCUT2D eigenvalue weighted by Gasteiger charge is -2.20. The lowest BCUT2D eigenvalue weighted by atomic mass is 10.2. The molecule has 0 heterocycles. The Balaban J connectivity index is 2.27. The second-order valence-electron chi connectivity index (χ2n) is 5.12. The SMILES string of the molecule is COc1cc(CN)ccc1S(=O)(=O)NC1CCCC1SC. The predicted molar refractivity (Wildman–Crippen MR) is 86.1 cm³/mol. The molecule has 1 aromatic carbocycles. The largest absolute Gasteiger partial charge is 0.495 e. The molecule has 3 N–H and O–H groups in total. The third kappa shape index (κ3) is 3.71. The number of methoxy groups -OCH3 is 1. The molecule has 1 aliphatic carbocycles. The van der Waals surface area contributed by atoms with Gasteiger partial charge in [0.25, 0.3) is 0 Å². The normalized spacial score (nSPS) is 22.4. The van der Waals surface area contributed by atoms with Gasteiger partial charge in [-0.2, -0.15) is 11.8 Å². The van der Waals surface area contributed by atoms with Gasteiger partial charge in [-0.1, -0.05) is 12.5 Å². The van der Waals surface area contributed by atoms with Crippen molar-refractivity contribution >= 4 is 21.8 Å². The van der Waals surface area contributed by atoms with Crippen LogP contribution in [-0.4, -0.2) is 33.1 Å². The lowest BCUT2D eigenvalue weighted by Crippen LogP contribution is -2.38. The second-order valence-corrected chi connectivity index (χ2v) is 7.88.